The van der Waals surface area contributed by atoms with Crippen LogP contribution in [0.15, 0.2) is 29.1 Å². The van der Waals surface area contributed by atoms with Crippen LogP contribution in [0.5, 0.6) is 0 Å². The minimum absolute atomic E-state index is 0.0129. The Hall–Kier alpha value is -2.58. The van der Waals surface area contributed by atoms with E-state index < -0.39 is 0 Å². The maximum absolute atomic E-state index is 13.0. The number of aromatic nitrogens is 5. The number of aryl methyl sites for hydroxylation is 1. The van der Waals surface area contributed by atoms with Crippen LogP contribution in [0.4, 0.5) is 0 Å². The zero-order valence-corrected chi connectivity index (χ0v) is 20.5. The summed E-state index contributed by atoms with van der Waals surface area (Å²) in [4.78, 5) is 18.4. The minimum Gasteiger partial charge on any atom is -0.377 e. The lowest BCUT2D eigenvalue weighted by molar-refractivity contribution is 0.0465. The van der Waals surface area contributed by atoms with Crippen LogP contribution < -0.4 is 5.56 Å². The molecule has 0 radical (unpaired) electrons. The van der Waals surface area contributed by atoms with E-state index in [1.807, 2.05) is 22.9 Å². The molecule has 1 aromatic carbocycles. The van der Waals surface area contributed by atoms with Gasteiger partial charge in [-0.3, -0.25) is 9.69 Å². The van der Waals surface area contributed by atoms with Crippen LogP contribution in [0, 0.1) is 6.92 Å². The third kappa shape index (κ3) is 5.33. The quantitative estimate of drug-likeness (QED) is 0.553. The Balaban J connectivity index is 1.74. The fourth-order valence-electron chi connectivity index (χ4n) is 4.69. The van der Waals surface area contributed by atoms with E-state index in [4.69, 9.17) is 4.74 Å². The molecule has 8 nitrogen and oxygen atoms in total. The van der Waals surface area contributed by atoms with Crippen molar-refractivity contribution in [1.29, 1.82) is 0 Å². The molecule has 3 aromatic rings. The summed E-state index contributed by atoms with van der Waals surface area (Å²) in [6, 6.07) is 8.12. The van der Waals surface area contributed by atoms with Gasteiger partial charge < -0.3 is 9.72 Å². The van der Waals surface area contributed by atoms with Gasteiger partial charge in [0.1, 0.15) is 0 Å². The Labute approximate surface area is 195 Å². The molecule has 0 amide bonds. The molecule has 0 saturated carbocycles. The first-order chi connectivity index (χ1) is 15.8. The molecule has 8 heteroatoms. The molecule has 2 atom stereocenters. The predicted octanol–water partition coefficient (Wildman–Crippen LogP) is 4.10. The average molecular weight is 453 g/mol. The highest BCUT2D eigenvalue weighted by molar-refractivity contribution is 5.79. The molecule has 0 aliphatic carbocycles. The molecular formula is C25H36N6O2. The van der Waals surface area contributed by atoms with Gasteiger partial charge in [0.25, 0.3) is 5.56 Å². The number of aromatic amines is 1. The maximum atomic E-state index is 13.0. The number of benzene rings is 1. The highest BCUT2D eigenvalue weighted by Gasteiger charge is 2.32. The van der Waals surface area contributed by atoms with Crippen LogP contribution >= 0.6 is 0 Å². The van der Waals surface area contributed by atoms with Gasteiger partial charge in [0.15, 0.2) is 5.82 Å². The van der Waals surface area contributed by atoms with E-state index in [2.05, 4.69) is 66.1 Å². The molecule has 1 aliphatic heterocycles. The largest absolute Gasteiger partial charge is 0.377 e. The van der Waals surface area contributed by atoms with E-state index in [0.29, 0.717) is 6.54 Å². The Bertz CT molecular complexity index is 1140. The van der Waals surface area contributed by atoms with Gasteiger partial charge in [0, 0.05) is 30.8 Å². The summed E-state index contributed by atoms with van der Waals surface area (Å²) in [6.45, 7) is 12.6. The number of pyridine rings is 1. The number of nitrogens with one attached hydrogen (secondary N) is 1. The molecule has 0 bridgehead atoms. The molecule has 33 heavy (non-hydrogen) atoms. The van der Waals surface area contributed by atoms with Gasteiger partial charge in [0.2, 0.25) is 0 Å². The standard InChI is InChI=1S/C25H36N6O2/c1-6-8-22(23-27-28-29-31(23)25(3,4)5)30(16-20-9-7-12-33-20)15-19-14-18-13-17(2)10-11-21(18)26-24(19)32/h10-11,13-14,20,22H,6-9,12,15-16H2,1-5H3,(H,26,32)/t20-,22-/m0/s1. The Morgan fingerprint density at radius 1 is 1.30 bits per heavy atom. The number of rotatable bonds is 8. The highest BCUT2D eigenvalue weighted by atomic mass is 16.5. The molecule has 0 spiro atoms. The van der Waals surface area contributed by atoms with E-state index in [1.165, 1.54) is 5.56 Å². The number of nitrogens with zero attached hydrogens (tertiary/aromatic N) is 5. The minimum atomic E-state index is -0.238. The van der Waals surface area contributed by atoms with Crippen molar-refractivity contribution >= 4 is 10.9 Å². The van der Waals surface area contributed by atoms with Crippen molar-refractivity contribution in [3.63, 3.8) is 0 Å². The number of hydrogen-bond donors (Lipinski definition) is 1. The summed E-state index contributed by atoms with van der Waals surface area (Å²) < 4.78 is 7.91. The van der Waals surface area contributed by atoms with E-state index in [1.54, 1.807) is 0 Å². The fraction of sp³-hybridized carbons (Fsp3) is 0.600. The summed E-state index contributed by atoms with van der Waals surface area (Å²) >= 11 is 0. The monoisotopic (exact) mass is 452 g/mol. The number of tetrazole rings is 1. The van der Waals surface area contributed by atoms with E-state index in [0.717, 1.165) is 61.1 Å². The van der Waals surface area contributed by atoms with Gasteiger partial charge in [-0.2, -0.15) is 0 Å². The van der Waals surface area contributed by atoms with Gasteiger partial charge >= 0.3 is 0 Å². The summed E-state index contributed by atoms with van der Waals surface area (Å²) in [5.41, 5.74) is 2.50. The molecule has 4 rings (SSSR count). The Morgan fingerprint density at radius 2 is 2.12 bits per heavy atom. The Morgan fingerprint density at radius 3 is 2.82 bits per heavy atom. The zero-order valence-electron chi connectivity index (χ0n) is 20.5. The summed E-state index contributed by atoms with van der Waals surface area (Å²) in [5.74, 6) is 0.843. The van der Waals surface area contributed by atoms with Crippen LogP contribution in [-0.2, 0) is 16.8 Å². The first-order valence-electron chi connectivity index (χ1n) is 12.0. The number of fused-ring (bicyclic) bond motifs is 1. The van der Waals surface area contributed by atoms with Crippen LogP contribution in [-0.4, -0.2) is 49.3 Å². The Kier molecular flexibility index (Phi) is 6.95. The van der Waals surface area contributed by atoms with Crippen LogP contribution in [0.3, 0.4) is 0 Å². The first kappa shape index (κ1) is 23.6. The molecule has 2 aromatic heterocycles. The number of hydrogen-bond acceptors (Lipinski definition) is 6. The van der Waals surface area contributed by atoms with Crippen LogP contribution in [0.25, 0.3) is 10.9 Å². The summed E-state index contributed by atoms with van der Waals surface area (Å²) in [7, 11) is 0. The summed E-state index contributed by atoms with van der Waals surface area (Å²) in [5, 5.41) is 13.8. The zero-order chi connectivity index (χ0) is 23.6. The molecule has 0 unspecified atom stereocenters. The van der Waals surface area contributed by atoms with Gasteiger partial charge in [0.05, 0.1) is 17.7 Å². The van der Waals surface area contributed by atoms with Gasteiger partial charge in [-0.15, -0.1) is 5.10 Å². The second kappa shape index (κ2) is 9.73. The second-order valence-electron chi connectivity index (χ2n) is 10.2. The van der Waals surface area contributed by atoms with Crippen molar-refractivity contribution in [3.8, 4) is 0 Å². The third-order valence-corrected chi connectivity index (χ3v) is 6.34. The highest BCUT2D eigenvalue weighted by Crippen LogP contribution is 2.30. The number of ether oxygens (including phenoxy) is 1. The van der Waals surface area contributed by atoms with E-state index >= 15 is 0 Å². The van der Waals surface area contributed by atoms with Gasteiger partial charge in [-0.1, -0.05) is 25.0 Å². The van der Waals surface area contributed by atoms with E-state index in [-0.39, 0.29) is 23.2 Å². The molecule has 1 aliphatic rings. The molecule has 1 fully saturated rings. The van der Waals surface area contributed by atoms with Crippen LogP contribution in [0.2, 0.25) is 0 Å². The van der Waals surface area contributed by atoms with Crippen molar-refractivity contribution in [2.24, 2.45) is 0 Å². The lowest BCUT2D eigenvalue weighted by Gasteiger charge is -2.34. The SMILES string of the molecule is CCC[C@@H](c1nnnn1C(C)(C)C)N(Cc1cc2cc(C)ccc2[nH]c1=O)C[C@@H]1CCCO1. The van der Waals surface area contributed by atoms with Crippen LogP contribution in [0.1, 0.15) is 76.4 Å². The van der Waals surface area contributed by atoms with Crippen molar-refractivity contribution < 1.29 is 4.74 Å². The topological polar surface area (TPSA) is 88.9 Å². The van der Waals surface area contributed by atoms with Crippen molar-refractivity contribution in [2.45, 2.75) is 84.5 Å². The lowest BCUT2D eigenvalue weighted by atomic mass is 10.0. The third-order valence-electron chi connectivity index (χ3n) is 6.34. The van der Waals surface area contributed by atoms with Gasteiger partial charge in [-0.05, 0) is 81.0 Å². The van der Waals surface area contributed by atoms with Crippen molar-refractivity contribution in [1.82, 2.24) is 30.1 Å². The maximum Gasteiger partial charge on any atom is 0.252 e. The van der Waals surface area contributed by atoms with E-state index in [9.17, 15) is 4.79 Å². The second-order valence-corrected chi connectivity index (χ2v) is 10.2. The smallest absolute Gasteiger partial charge is 0.252 e. The predicted molar refractivity (Wildman–Crippen MR) is 129 cm³/mol. The molecule has 1 saturated heterocycles. The average Bonchev–Trinajstić information content (AvgIpc) is 3.44. The molecule has 1 N–H and O–H groups in total. The van der Waals surface area contributed by atoms with Crippen molar-refractivity contribution in [3.05, 3.63) is 51.6 Å². The summed E-state index contributed by atoms with van der Waals surface area (Å²) in [6.07, 6.45) is 4.15. The lowest BCUT2D eigenvalue weighted by Crippen LogP contribution is -2.39. The molecular weight excluding hydrogens is 416 g/mol. The first-order valence-corrected chi connectivity index (χ1v) is 12.0. The molecule has 3 heterocycles. The normalized spacial score (nSPS) is 17.8. The van der Waals surface area contributed by atoms with Gasteiger partial charge in [-0.25, -0.2) is 4.68 Å². The van der Waals surface area contributed by atoms with Crippen molar-refractivity contribution in [2.75, 3.05) is 13.2 Å². The molecule has 178 valence electrons. The fourth-order valence-corrected chi connectivity index (χ4v) is 4.69. The number of H-pyrrole nitrogens is 1.